The zero-order valence-electron chi connectivity index (χ0n) is 17.9. The number of nitrogens with one attached hydrogen (secondary N) is 2. The average Bonchev–Trinajstić information content (AvgIpc) is 3.17. The number of aromatic nitrogens is 1. The maximum atomic E-state index is 12.3. The Hall–Kier alpha value is -2.99. The molecule has 2 amide bonds. The average molecular weight is 442 g/mol. The van der Waals surface area contributed by atoms with Crippen LogP contribution < -0.4 is 10.1 Å². The standard InChI is InChI=1S/C24H28ClN3O3/c1-3-28(4-2)24(30)16-31-22-13-12-18(14-20(22)25)27-23(29)11-7-8-17-15-26-21-10-6-5-9-19(17)21/h5-6,9-10,12-15,26H,3-4,7-8,11,16H2,1-2H3,(H,27,29). The summed E-state index contributed by atoms with van der Waals surface area (Å²) in [4.78, 5) is 29.3. The SMILES string of the molecule is CCN(CC)C(=O)COc1ccc(NC(=O)CCCc2c[nH]c3ccccc23)cc1Cl. The van der Waals surface area contributed by atoms with Gasteiger partial charge in [0.15, 0.2) is 6.61 Å². The molecule has 2 N–H and O–H groups in total. The molecular weight excluding hydrogens is 414 g/mol. The number of halogens is 1. The number of benzene rings is 2. The molecule has 0 unspecified atom stereocenters. The molecule has 6 nitrogen and oxygen atoms in total. The number of H-pyrrole nitrogens is 1. The fourth-order valence-corrected chi connectivity index (χ4v) is 3.74. The Morgan fingerprint density at radius 3 is 2.65 bits per heavy atom. The number of aromatic amines is 1. The normalized spacial score (nSPS) is 10.8. The Labute approximate surface area is 187 Å². The van der Waals surface area contributed by atoms with Crippen LogP contribution in [0.4, 0.5) is 5.69 Å². The van der Waals surface area contributed by atoms with Crippen LogP contribution in [0.5, 0.6) is 5.75 Å². The van der Waals surface area contributed by atoms with Crippen molar-refractivity contribution in [2.45, 2.75) is 33.1 Å². The molecule has 0 aliphatic heterocycles. The molecule has 0 fully saturated rings. The number of para-hydroxylation sites is 1. The number of anilines is 1. The van der Waals surface area contributed by atoms with E-state index in [1.807, 2.05) is 38.2 Å². The van der Waals surface area contributed by atoms with Crippen molar-refractivity contribution in [3.63, 3.8) is 0 Å². The summed E-state index contributed by atoms with van der Waals surface area (Å²) in [7, 11) is 0. The zero-order valence-corrected chi connectivity index (χ0v) is 18.7. The summed E-state index contributed by atoms with van der Waals surface area (Å²) in [6, 6.07) is 13.2. The fourth-order valence-electron chi connectivity index (χ4n) is 3.50. The number of ether oxygens (including phenoxy) is 1. The molecule has 0 spiro atoms. The first-order valence-corrected chi connectivity index (χ1v) is 10.9. The second kappa shape index (κ2) is 10.9. The predicted molar refractivity (Wildman–Crippen MR) is 125 cm³/mol. The molecule has 0 saturated heterocycles. The van der Waals surface area contributed by atoms with Gasteiger partial charge >= 0.3 is 0 Å². The Morgan fingerprint density at radius 1 is 1.13 bits per heavy atom. The number of carbonyl (C=O) groups is 2. The van der Waals surface area contributed by atoms with Gasteiger partial charge < -0.3 is 19.9 Å². The van der Waals surface area contributed by atoms with E-state index in [4.69, 9.17) is 16.3 Å². The lowest BCUT2D eigenvalue weighted by molar-refractivity contribution is -0.133. The highest BCUT2D eigenvalue weighted by atomic mass is 35.5. The van der Waals surface area contributed by atoms with E-state index in [2.05, 4.69) is 16.4 Å². The highest BCUT2D eigenvalue weighted by molar-refractivity contribution is 6.32. The van der Waals surface area contributed by atoms with Crippen LogP contribution in [0.25, 0.3) is 10.9 Å². The number of hydrogen-bond acceptors (Lipinski definition) is 3. The highest BCUT2D eigenvalue weighted by Crippen LogP contribution is 2.28. The van der Waals surface area contributed by atoms with Crippen molar-refractivity contribution in [1.82, 2.24) is 9.88 Å². The summed E-state index contributed by atoms with van der Waals surface area (Å²) < 4.78 is 5.55. The van der Waals surface area contributed by atoms with Crippen LogP contribution in [0, 0.1) is 0 Å². The molecule has 0 saturated carbocycles. The number of hydrogen-bond donors (Lipinski definition) is 2. The number of nitrogens with zero attached hydrogens (tertiary/aromatic N) is 1. The van der Waals surface area contributed by atoms with Gasteiger partial charge in [-0.1, -0.05) is 29.8 Å². The number of likely N-dealkylation sites (N-methyl/N-ethyl adjacent to an activating group) is 1. The lowest BCUT2D eigenvalue weighted by Crippen LogP contribution is -2.34. The molecule has 0 aliphatic rings. The number of fused-ring (bicyclic) bond motifs is 1. The summed E-state index contributed by atoms with van der Waals surface area (Å²) in [6.07, 6.45) is 3.99. The fraction of sp³-hybridized carbons (Fsp3) is 0.333. The Kier molecular flexibility index (Phi) is 7.95. The van der Waals surface area contributed by atoms with Gasteiger partial charge in [0.2, 0.25) is 5.91 Å². The van der Waals surface area contributed by atoms with Gasteiger partial charge in [-0.25, -0.2) is 0 Å². The van der Waals surface area contributed by atoms with Gasteiger partial charge in [-0.2, -0.15) is 0 Å². The Morgan fingerprint density at radius 2 is 1.90 bits per heavy atom. The number of amides is 2. The van der Waals surface area contributed by atoms with Crippen molar-refractivity contribution >= 4 is 40.0 Å². The quantitative estimate of drug-likeness (QED) is 0.463. The number of carbonyl (C=O) groups excluding carboxylic acids is 2. The Balaban J connectivity index is 1.47. The summed E-state index contributed by atoms with van der Waals surface area (Å²) in [5.41, 5.74) is 2.93. The molecule has 1 heterocycles. The van der Waals surface area contributed by atoms with E-state index in [1.165, 1.54) is 10.9 Å². The molecular formula is C24H28ClN3O3. The van der Waals surface area contributed by atoms with Crippen molar-refractivity contribution in [1.29, 1.82) is 0 Å². The third-order valence-electron chi connectivity index (χ3n) is 5.21. The van der Waals surface area contributed by atoms with Gasteiger partial charge in [0.05, 0.1) is 5.02 Å². The van der Waals surface area contributed by atoms with Crippen LogP contribution in [0.15, 0.2) is 48.7 Å². The van der Waals surface area contributed by atoms with E-state index in [9.17, 15) is 9.59 Å². The summed E-state index contributed by atoms with van der Waals surface area (Å²) in [5, 5.41) is 4.42. The lowest BCUT2D eigenvalue weighted by atomic mass is 10.1. The van der Waals surface area contributed by atoms with E-state index in [0.717, 1.165) is 18.4 Å². The van der Waals surface area contributed by atoms with E-state index >= 15 is 0 Å². The largest absolute Gasteiger partial charge is 0.482 e. The van der Waals surface area contributed by atoms with Crippen molar-refractivity contribution in [2.24, 2.45) is 0 Å². The predicted octanol–water partition coefficient (Wildman–Crippen LogP) is 5.03. The van der Waals surface area contributed by atoms with E-state index in [-0.39, 0.29) is 18.4 Å². The van der Waals surface area contributed by atoms with Crippen molar-refractivity contribution < 1.29 is 14.3 Å². The maximum Gasteiger partial charge on any atom is 0.260 e. The first kappa shape index (κ1) is 22.7. The minimum atomic E-state index is -0.0892. The van der Waals surface area contributed by atoms with Gasteiger partial charge in [0.1, 0.15) is 5.75 Å². The maximum absolute atomic E-state index is 12.3. The summed E-state index contributed by atoms with van der Waals surface area (Å²) in [5.74, 6) is 0.259. The Bertz CT molecular complexity index is 1040. The summed E-state index contributed by atoms with van der Waals surface area (Å²) >= 11 is 6.27. The van der Waals surface area contributed by atoms with Gasteiger partial charge in [-0.3, -0.25) is 9.59 Å². The van der Waals surface area contributed by atoms with Crippen molar-refractivity contribution in [2.75, 3.05) is 25.0 Å². The first-order valence-electron chi connectivity index (χ1n) is 10.6. The van der Waals surface area contributed by atoms with Crippen LogP contribution in [-0.4, -0.2) is 41.4 Å². The lowest BCUT2D eigenvalue weighted by Gasteiger charge is -2.19. The second-order valence-corrected chi connectivity index (χ2v) is 7.67. The molecule has 2 aromatic carbocycles. The van der Waals surface area contributed by atoms with Gasteiger partial charge in [0, 0.05) is 42.3 Å². The molecule has 7 heteroatoms. The molecule has 0 radical (unpaired) electrons. The topological polar surface area (TPSA) is 74.4 Å². The molecule has 31 heavy (non-hydrogen) atoms. The zero-order chi connectivity index (χ0) is 22.2. The summed E-state index contributed by atoms with van der Waals surface area (Å²) in [6.45, 7) is 5.05. The van der Waals surface area contributed by atoms with Crippen LogP contribution >= 0.6 is 11.6 Å². The van der Waals surface area contributed by atoms with E-state index in [1.54, 1.807) is 23.1 Å². The molecule has 0 aliphatic carbocycles. The molecule has 0 bridgehead atoms. The molecule has 1 aromatic heterocycles. The van der Waals surface area contributed by atoms with Crippen molar-refractivity contribution in [3.8, 4) is 5.75 Å². The van der Waals surface area contributed by atoms with Crippen LogP contribution in [0.3, 0.4) is 0 Å². The van der Waals surface area contributed by atoms with Crippen molar-refractivity contribution in [3.05, 3.63) is 59.2 Å². The monoisotopic (exact) mass is 441 g/mol. The molecule has 3 rings (SSSR count). The minimum Gasteiger partial charge on any atom is -0.482 e. The van der Waals surface area contributed by atoms with Crippen LogP contribution in [-0.2, 0) is 16.0 Å². The second-order valence-electron chi connectivity index (χ2n) is 7.26. The minimum absolute atomic E-state index is 0.0683. The molecule has 164 valence electrons. The van der Waals surface area contributed by atoms with Gasteiger partial charge in [-0.05, 0) is 56.5 Å². The van der Waals surface area contributed by atoms with E-state index < -0.39 is 0 Å². The molecule has 0 atom stereocenters. The van der Waals surface area contributed by atoms with E-state index in [0.29, 0.717) is 36.0 Å². The molecule has 3 aromatic rings. The van der Waals surface area contributed by atoms with Crippen LogP contribution in [0.2, 0.25) is 5.02 Å². The number of rotatable bonds is 10. The van der Waals surface area contributed by atoms with Crippen LogP contribution in [0.1, 0.15) is 32.3 Å². The number of aryl methyl sites for hydroxylation is 1. The van der Waals surface area contributed by atoms with Gasteiger partial charge in [-0.15, -0.1) is 0 Å². The first-order chi connectivity index (χ1) is 15.0. The highest BCUT2D eigenvalue weighted by Gasteiger charge is 2.12. The van der Waals surface area contributed by atoms with Gasteiger partial charge in [0.25, 0.3) is 5.91 Å². The third-order valence-corrected chi connectivity index (χ3v) is 5.50. The smallest absolute Gasteiger partial charge is 0.260 e. The third kappa shape index (κ3) is 6.01.